The molecule has 0 aliphatic carbocycles. The van der Waals surface area contributed by atoms with E-state index < -0.39 is 13.3 Å². The molecule has 5 heteroatoms. The van der Waals surface area contributed by atoms with Gasteiger partial charge in [0, 0.05) is 0 Å². The van der Waals surface area contributed by atoms with Crippen molar-refractivity contribution in [3.05, 3.63) is 178 Å². The summed E-state index contributed by atoms with van der Waals surface area (Å²) in [6.07, 6.45) is 1.42. The fourth-order valence-corrected chi connectivity index (χ4v) is 10.8. The Hall–Kier alpha value is -3.95. The molecule has 7 rings (SSSR count). The van der Waals surface area contributed by atoms with E-state index in [-0.39, 0.29) is 0 Å². The standard InChI is InChI=1S/C35H26BrO3P/c36-29-23-21-28(22-24-29)35-37-34(27-15-7-2-8-16-27)33-25-32(26-13-5-1-6-14-26)38-40(33,39-35,30-17-9-3-10-18-30)31-19-11-4-12-20-31/h1-25,35H. The topological polar surface area (TPSA) is 27.7 Å². The number of rotatable bonds is 5. The number of fused-ring (bicyclic) bond motifs is 1. The van der Waals surface area contributed by atoms with Crippen LogP contribution in [0.25, 0.3) is 11.5 Å². The molecule has 0 amide bonds. The van der Waals surface area contributed by atoms with E-state index in [0.717, 1.165) is 48.6 Å². The first kappa shape index (κ1) is 25.0. The van der Waals surface area contributed by atoms with Crippen molar-refractivity contribution in [3.8, 4) is 0 Å². The van der Waals surface area contributed by atoms with Crippen LogP contribution in [0.15, 0.2) is 161 Å². The Balaban J connectivity index is 1.61. The zero-order valence-corrected chi connectivity index (χ0v) is 24.0. The zero-order valence-electron chi connectivity index (χ0n) is 21.6. The SMILES string of the molecule is Brc1ccc(C2OC(c3ccccc3)=C3C=C(c4ccccc4)OP3(c3ccccc3)(c3ccccc3)O2)cc1. The summed E-state index contributed by atoms with van der Waals surface area (Å²) in [5, 5.41) is 2.88. The van der Waals surface area contributed by atoms with Crippen LogP contribution in [0.4, 0.5) is 0 Å². The number of hydrogen-bond acceptors (Lipinski definition) is 3. The second-order valence-corrected chi connectivity index (χ2v) is 14.5. The molecule has 0 saturated heterocycles. The minimum atomic E-state index is -4.08. The molecule has 5 aromatic rings. The fraction of sp³-hybridized carbons (Fsp3) is 0.0286. The van der Waals surface area contributed by atoms with Crippen LogP contribution in [0.2, 0.25) is 0 Å². The van der Waals surface area contributed by atoms with E-state index in [1.54, 1.807) is 0 Å². The molecule has 0 radical (unpaired) electrons. The van der Waals surface area contributed by atoms with Gasteiger partial charge in [0.15, 0.2) is 0 Å². The van der Waals surface area contributed by atoms with Crippen LogP contribution in [0.5, 0.6) is 0 Å². The van der Waals surface area contributed by atoms with Crippen molar-refractivity contribution >= 4 is 45.1 Å². The molecule has 5 aromatic carbocycles. The predicted molar refractivity (Wildman–Crippen MR) is 167 cm³/mol. The van der Waals surface area contributed by atoms with Gasteiger partial charge in [0.2, 0.25) is 0 Å². The van der Waals surface area contributed by atoms with E-state index in [1.807, 2.05) is 72.8 Å². The Morgan fingerprint density at radius 2 is 1.05 bits per heavy atom. The molecule has 0 bridgehead atoms. The summed E-state index contributed by atoms with van der Waals surface area (Å²) in [5.41, 5.74) is 2.86. The molecule has 0 fully saturated rings. The van der Waals surface area contributed by atoms with Crippen LogP contribution in [-0.2, 0) is 13.8 Å². The van der Waals surface area contributed by atoms with Crippen molar-refractivity contribution in [2.24, 2.45) is 0 Å². The molecule has 196 valence electrons. The van der Waals surface area contributed by atoms with Gasteiger partial charge in [0.05, 0.1) is 0 Å². The van der Waals surface area contributed by atoms with Crippen LogP contribution < -0.4 is 10.6 Å². The first-order chi connectivity index (χ1) is 19.7. The zero-order chi connectivity index (χ0) is 27.0. The van der Waals surface area contributed by atoms with Crippen molar-refractivity contribution in [2.75, 3.05) is 0 Å². The van der Waals surface area contributed by atoms with E-state index in [2.05, 4.69) is 94.8 Å². The van der Waals surface area contributed by atoms with Crippen molar-refractivity contribution in [1.82, 2.24) is 0 Å². The Morgan fingerprint density at radius 1 is 0.550 bits per heavy atom. The van der Waals surface area contributed by atoms with Gasteiger partial charge in [0.1, 0.15) is 0 Å². The van der Waals surface area contributed by atoms with E-state index in [1.165, 1.54) is 0 Å². The van der Waals surface area contributed by atoms with Crippen LogP contribution >= 0.6 is 23.0 Å². The molecule has 2 aliphatic heterocycles. The van der Waals surface area contributed by atoms with Crippen molar-refractivity contribution in [3.63, 3.8) is 0 Å². The van der Waals surface area contributed by atoms with Crippen molar-refractivity contribution in [2.45, 2.75) is 6.29 Å². The third-order valence-electron chi connectivity index (χ3n) is 7.42. The molecule has 0 aromatic heterocycles. The van der Waals surface area contributed by atoms with E-state index in [0.29, 0.717) is 0 Å². The first-order valence-electron chi connectivity index (χ1n) is 13.2. The van der Waals surface area contributed by atoms with E-state index in [4.69, 9.17) is 13.8 Å². The van der Waals surface area contributed by atoms with Gasteiger partial charge < -0.3 is 0 Å². The number of ether oxygens (including phenoxy) is 1. The average Bonchev–Trinajstić information content (AvgIpc) is 3.41. The molecule has 1 unspecified atom stereocenters. The van der Waals surface area contributed by atoms with Crippen LogP contribution in [0.3, 0.4) is 0 Å². The number of allylic oxidation sites excluding steroid dienone is 2. The van der Waals surface area contributed by atoms with Crippen LogP contribution in [-0.4, -0.2) is 0 Å². The predicted octanol–water partition coefficient (Wildman–Crippen LogP) is 8.97. The van der Waals surface area contributed by atoms with Gasteiger partial charge in [-0.15, -0.1) is 0 Å². The van der Waals surface area contributed by atoms with Gasteiger partial charge in [-0.05, 0) is 0 Å². The number of benzene rings is 5. The van der Waals surface area contributed by atoms with Gasteiger partial charge in [-0.3, -0.25) is 0 Å². The van der Waals surface area contributed by atoms with Crippen LogP contribution in [0, 0.1) is 0 Å². The minimum absolute atomic E-state index is 0.714. The molecule has 0 saturated carbocycles. The molecule has 40 heavy (non-hydrogen) atoms. The van der Waals surface area contributed by atoms with Gasteiger partial charge in [-0.1, -0.05) is 0 Å². The average molecular weight is 605 g/mol. The fourth-order valence-electron chi connectivity index (χ4n) is 5.55. The molecular formula is C35H26BrO3P. The molecule has 0 spiro atoms. The Morgan fingerprint density at radius 3 is 1.60 bits per heavy atom. The maximum atomic E-state index is 7.45. The Kier molecular flexibility index (Phi) is 6.20. The van der Waals surface area contributed by atoms with Gasteiger partial charge >= 0.3 is 243 Å². The normalized spacial score (nSPS) is 19.8. The Labute approximate surface area is 242 Å². The van der Waals surface area contributed by atoms with Crippen molar-refractivity contribution in [1.29, 1.82) is 0 Å². The second kappa shape index (κ2) is 9.91. The van der Waals surface area contributed by atoms with Crippen molar-refractivity contribution < 1.29 is 13.8 Å². The van der Waals surface area contributed by atoms with Gasteiger partial charge in [0.25, 0.3) is 0 Å². The molecule has 2 aliphatic rings. The van der Waals surface area contributed by atoms with E-state index >= 15 is 0 Å². The second-order valence-electron chi connectivity index (χ2n) is 9.78. The van der Waals surface area contributed by atoms with Crippen LogP contribution in [0.1, 0.15) is 23.0 Å². The quantitative estimate of drug-likeness (QED) is 0.187. The Bertz CT molecular complexity index is 1680. The summed E-state index contributed by atoms with van der Waals surface area (Å²) in [6, 6.07) is 49.3. The first-order valence-corrected chi connectivity index (χ1v) is 16.0. The summed E-state index contributed by atoms with van der Waals surface area (Å²) in [7, 11) is -4.08. The third-order valence-corrected chi connectivity index (χ3v) is 12.8. The van der Waals surface area contributed by atoms with Gasteiger partial charge in [-0.25, -0.2) is 0 Å². The van der Waals surface area contributed by atoms with Gasteiger partial charge in [-0.2, -0.15) is 0 Å². The molecule has 2 heterocycles. The summed E-state index contributed by atoms with van der Waals surface area (Å²) in [4.78, 5) is 0. The van der Waals surface area contributed by atoms with E-state index in [9.17, 15) is 0 Å². The molecule has 3 nitrogen and oxygen atoms in total. The number of hydrogen-bond donors (Lipinski definition) is 0. The molecule has 1 atom stereocenters. The number of halogens is 1. The maximum absolute atomic E-state index is 7.45. The monoisotopic (exact) mass is 604 g/mol. The summed E-state index contributed by atoms with van der Waals surface area (Å²) < 4.78 is 22.7. The molecule has 0 N–H and O–H groups in total. The third kappa shape index (κ3) is 3.87. The summed E-state index contributed by atoms with van der Waals surface area (Å²) in [5.74, 6) is 1.52. The molecular weight excluding hydrogens is 579 g/mol. The summed E-state index contributed by atoms with van der Waals surface area (Å²) >= 11 is 3.58. The summed E-state index contributed by atoms with van der Waals surface area (Å²) in [6.45, 7) is 0.